The van der Waals surface area contributed by atoms with Crippen molar-refractivity contribution in [3.05, 3.63) is 0 Å². The Labute approximate surface area is 86.9 Å². The molecule has 0 saturated heterocycles. The maximum atomic E-state index is 7.41. The van der Waals surface area contributed by atoms with E-state index in [4.69, 9.17) is 15.9 Å². The molecule has 0 fully saturated rings. The highest BCUT2D eigenvalue weighted by atomic mass is 16.5. The summed E-state index contributed by atoms with van der Waals surface area (Å²) in [4.78, 5) is 2.19. The second-order valence-electron chi connectivity index (χ2n) is 4.34. The van der Waals surface area contributed by atoms with Gasteiger partial charge in [0.25, 0.3) is 0 Å². The van der Waals surface area contributed by atoms with E-state index in [0.29, 0.717) is 0 Å². The summed E-state index contributed by atoms with van der Waals surface area (Å²) in [7, 11) is 3.75. The van der Waals surface area contributed by atoms with Crippen LogP contribution >= 0.6 is 0 Å². The van der Waals surface area contributed by atoms with Crippen molar-refractivity contribution in [3.63, 3.8) is 0 Å². The van der Waals surface area contributed by atoms with E-state index in [1.807, 2.05) is 13.8 Å². The highest BCUT2D eigenvalue weighted by molar-refractivity contribution is 5.82. The zero-order valence-electron chi connectivity index (χ0n) is 9.76. The standard InChI is InChI=1S/C10H23N3O/c1-10(2,9(11)12)5-6-13(3)7-8-14-4/h5-8H2,1-4H3,(H3,11,12). The molecule has 0 amide bonds. The lowest BCUT2D eigenvalue weighted by molar-refractivity contribution is 0.156. The molecule has 0 unspecified atom stereocenters. The molecule has 0 rings (SSSR count). The summed E-state index contributed by atoms with van der Waals surface area (Å²) in [6.07, 6.45) is 0.905. The maximum absolute atomic E-state index is 7.41. The van der Waals surface area contributed by atoms with E-state index in [-0.39, 0.29) is 11.3 Å². The smallest absolute Gasteiger partial charge is 0.0963 e. The van der Waals surface area contributed by atoms with Crippen LogP contribution in [0.15, 0.2) is 0 Å². The Morgan fingerprint density at radius 2 is 2.00 bits per heavy atom. The van der Waals surface area contributed by atoms with Crippen LogP contribution in [-0.2, 0) is 4.74 Å². The van der Waals surface area contributed by atoms with E-state index in [1.54, 1.807) is 7.11 Å². The number of amidine groups is 1. The molecular weight excluding hydrogens is 178 g/mol. The molecule has 4 heteroatoms. The van der Waals surface area contributed by atoms with Crippen molar-refractivity contribution in [2.24, 2.45) is 11.1 Å². The van der Waals surface area contributed by atoms with Gasteiger partial charge < -0.3 is 15.4 Å². The SMILES string of the molecule is COCCN(C)CCC(C)(C)C(=N)N. The quantitative estimate of drug-likeness (QED) is 0.475. The molecule has 0 aliphatic heterocycles. The lowest BCUT2D eigenvalue weighted by Gasteiger charge is -2.26. The van der Waals surface area contributed by atoms with Crippen LogP contribution < -0.4 is 5.73 Å². The largest absolute Gasteiger partial charge is 0.387 e. The van der Waals surface area contributed by atoms with Gasteiger partial charge in [-0.05, 0) is 20.0 Å². The van der Waals surface area contributed by atoms with Crippen molar-refractivity contribution in [2.45, 2.75) is 20.3 Å². The number of nitrogens with zero attached hydrogens (tertiary/aromatic N) is 1. The first kappa shape index (κ1) is 13.4. The zero-order chi connectivity index (χ0) is 11.2. The van der Waals surface area contributed by atoms with E-state index >= 15 is 0 Å². The summed E-state index contributed by atoms with van der Waals surface area (Å²) < 4.78 is 4.98. The van der Waals surface area contributed by atoms with Gasteiger partial charge in [0.1, 0.15) is 0 Å². The molecule has 0 aromatic heterocycles. The van der Waals surface area contributed by atoms with E-state index in [9.17, 15) is 0 Å². The van der Waals surface area contributed by atoms with Crippen molar-refractivity contribution >= 4 is 5.84 Å². The van der Waals surface area contributed by atoms with Gasteiger partial charge in [0.2, 0.25) is 0 Å². The molecule has 0 heterocycles. The van der Waals surface area contributed by atoms with Gasteiger partial charge in [-0.25, -0.2) is 0 Å². The fraction of sp³-hybridized carbons (Fsp3) is 0.900. The number of hydrogen-bond donors (Lipinski definition) is 2. The van der Waals surface area contributed by atoms with Gasteiger partial charge in [-0.2, -0.15) is 0 Å². The summed E-state index contributed by atoms with van der Waals surface area (Å²) in [6.45, 7) is 6.61. The van der Waals surface area contributed by atoms with Gasteiger partial charge in [-0.1, -0.05) is 13.8 Å². The van der Waals surface area contributed by atoms with Crippen molar-refractivity contribution in [2.75, 3.05) is 33.9 Å². The highest BCUT2D eigenvalue weighted by Gasteiger charge is 2.21. The minimum atomic E-state index is -0.193. The molecule has 14 heavy (non-hydrogen) atoms. The van der Waals surface area contributed by atoms with Crippen LogP contribution in [0.4, 0.5) is 0 Å². The fourth-order valence-electron chi connectivity index (χ4n) is 0.964. The Balaban J connectivity index is 3.75. The van der Waals surface area contributed by atoms with Gasteiger partial charge in [-0.3, -0.25) is 5.41 Å². The summed E-state index contributed by atoms with van der Waals surface area (Å²) in [5.74, 6) is 0.262. The predicted molar refractivity (Wildman–Crippen MR) is 59.7 cm³/mol. The van der Waals surface area contributed by atoms with Crippen LogP contribution in [0.5, 0.6) is 0 Å². The molecule has 3 N–H and O–H groups in total. The van der Waals surface area contributed by atoms with Crippen LogP contribution in [0, 0.1) is 10.8 Å². The van der Waals surface area contributed by atoms with Crippen LogP contribution in [-0.4, -0.2) is 44.6 Å². The number of likely N-dealkylation sites (N-methyl/N-ethyl adjacent to an activating group) is 1. The Morgan fingerprint density at radius 3 is 2.43 bits per heavy atom. The summed E-state index contributed by atoms with van der Waals surface area (Å²) in [5, 5.41) is 7.41. The molecule has 0 aromatic rings. The lowest BCUT2D eigenvalue weighted by Crippen LogP contribution is -2.35. The normalized spacial score (nSPS) is 12.1. The van der Waals surface area contributed by atoms with Crippen molar-refractivity contribution in [1.82, 2.24) is 4.90 Å². The first-order chi connectivity index (χ1) is 6.40. The highest BCUT2D eigenvalue weighted by Crippen LogP contribution is 2.19. The molecule has 4 nitrogen and oxygen atoms in total. The minimum Gasteiger partial charge on any atom is -0.387 e. The molecule has 0 saturated carbocycles. The molecule has 0 spiro atoms. The average Bonchev–Trinajstić information content (AvgIpc) is 2.11. The number of nitrogens with one attached hydrogen (secondary N) is 1. The van der Waals surface area contributed by atoms with Gasteiger partial charge >= 0.3 is 0 Å². The van der Waals surface area contributed by atoms with Crippen LogP contribution in [0.25, 0.3) is 0 Å². The summed E-state index contributed by atoms with van der Waals surface area (Å²) in [6, 6.07) is 0. The first-order valence-corrected chi connectivity index (χ1v) is 4.92. The third kappa shape index (κ3) is 5.19. The van der Waals surface area contributed by atoms with Crippen LogP contribution in [0.3, 0.4) is 0 Å². The van der Waals surface area contributed by atoms with Crippen LogP contribution in [0.2, 0.25) is 0 Å². The van der Waals surface area contributed by atoms with Crippen molar-refractivity contribution < 1.29 is 4.74 Å². The zero-order valence-corrected chi connectivity index (χ0v) is 9.76. The van der Waals surface area contributed by atoms with E-state index in [1.165, 1.54) is 0 Å². The number of nitrogens with two attached hydrogens (primary N) is 1. The Morgan fingerprint density at radius 1 is 1.43 bits per heavy atom. The molecule has 0 aliphatic rings. The molecular formula is C10H23N3O. The van der Waals surface area contributed by atoms with Gasteiger partial charge in [0.15, 0.2) is 0 Å². The average molecular weight is 201 g/mol. The first-order valence-electron chi connectivity index (χ1n) is 4.92. The molecule has 0 bridgehead atoms. The van der Waals surface area contributed by atoms with Crippen LogP contribution in [0.1, 0.15) is 20.3 Å². The fourth-order valence-corrected chi connectivity index (χ4v) is 0.964. The molecule has 84 valence electrons. The topological polar surface area (TPSA) is 62.3 Å². The summed E-state index contributed by atoms with van der Waals surface area (Å²) in [5.41, 5.74) is 5.30. The summed E-state index contributed by atoms with van der Waals surface area (Å²) >= 11 is 0. The van der Waals surface area contributed by atoms with E-state index in [0.717, 1.165) is 26.1 Å². The van der Waals surface area contributed by atoms with E-state index in [2.05, 4.69) is 11.9 Å². The molecule has 0 aliphatic carbocycles. The number of methoxy groups -OCH3 is 1. The lowest BCUT2D eigenvalue weighted by atomic mass is 9.88. The molecule has 0 atom stereocenters. The van der Waals surface area contributed by atoms with Gasteiger partial charge in [0.05, 0.1) is 12.4 Å². The molecule has 0 radical (unpaired) electrons. The van der Waals surface area contributed by atoms with E-state index < -0.39 is 0 Å². The minimum absolute atomic E-state index is 0.193. The van der Waals surface area contributed by atoms with Gasteiger partial charge in [-0.15, -0.1) is 0 Å². The molecule has 0 aromatic carbocycles. The second kappa shape index (κ2) is 5.98. The second-order valence-corrected chi connectivity index (χ2v) is 4.34. The Kier molecular flexibility index (Phi) is 5.72. The Hall–Kier alpha value is -0.610. The monoisotopic (exact) mass is 201 g/mol. The Bertz CT molecular complexity index is 180. The maximum Gasteiger partial charge on any atom is 0.0963 e. The number of ether oxygens (including phenoxy) is 1. The predicted octanol–water partition coefficient (Wildman–Crippen LogP) is 0.917. The third-order valence-electron chi connectivity index (χ3n) is 2.52. The van der Waals surface area contributed by atoms with Crippen molar-refractivity contribution in [3.8, 4) is 0 Å². The van der Waals surface area contributed by atoms with Crippen molar-refractivity contribution in [1.29, 1.82) is 5.41 Å². The number of hydrogen-bond acceptors (Lipinski definition) is 3. The third-order valence-corrected chi connectivity index (χ3v) is 2.52. The van der Waals surface area contributed by atoms with Gasteiger partial charge in [0, 0.05) is 19.1 Å². The number of rotatable bonds is 7.